The zero-order valence-electron chi connectivity index (χ0n) is 11.0. The van der Waals surface area contributed by atoms with Crippen LogP contribution in [0.3, 0.4) is 0 Å². The molecule has 0 aromatic carbocycles. The highest BCUT2D eigenvalue weighted by molar-refractivity contribution is 5.82. The van der Waals surface area contributed by atoms with Crippen molar-refractivity contribution in [2.75, 3.05) is 13.1 Å². The highest BCUT2D eigenvalue weighted by Crippen LogP contribution is 2.30. The summed E-state index contributed by atoms with van der Waals surface area (Å²) in [7, 11) is 0. The van der Waals surface area contributed by atoms with E-state index in [-0.39, 0.29) is 29.7 Å². The van der Waals surface area contributed by atoms with Crippen LogP contribution in [0.1, 0.15) is 32.6 Å². The Labute approximate surface area is 108 Å². The first-order chi connectivity index (χ1) is 8.50. The molecule has 2 fully saturated rings. The van der Waals surface area contributed by atoms with E-state index in [9.17, 15) is 9.59 Å². The van der Waals surface area contributed by atoms with Crippen molar-refractivity contribution in [2.24, 2.45) is 29.2 Å². The minimum absolute atomic E-state index is 0.0427. The summed E-state index contributed by atoms with van der Waals surface area (Å²) in [4.78, 5) is 25.3. The predicted octanol–water partition coefficient (Wildman–Crippen LogP) is 0.0837. The predicted molar refractivity (Wildman–Crippen MR) is 68.4 cm³/mol. The monoisotopic (exact) mass is 253 g/mol. The molecule has 2 rings (SSSR count). The van der Waals surface area contributed by atoms with Gasteiger partial charge in [0.2, 0.25) is 11.8 Å². The summed E-state index contributed by atoms with van der Waals surface area (Å²) in [6.07, 6.45) is 3.74. The molecule has 4 atom stereocenters. The van der Waals surface area contributed by atoms with Crippen LogP contribution in [0.5, 0.6) is 0 Å². The number of hydrogen-bond acceptors (Lipinski definition) is 3. The number of carbonyl (C=O) groups is 2. The van der Waals surface area contributed by atoms with Crippen LogP contribution in [0.4, 0.5) is 0 Å². The zero-order valence-corrected chi connectivity index (χ0v) is 11.0. The number of primary amides is 1. The van der Waals surface area contributed by atoms with Crippen LogP contribution in [0.25, 0.3) is 0 Å². The fraction of sp³-hybridized carbons (Fsp3) is 0.846. The van der Waals surface area contributed by atoms with Gasteiger partial charge in [-0.2, -0.15) is 0 Å². The van der Waals surface area contributed by atoms with Gasteiger partial charge in [0.15, 0.2) is 0 Å². The van der Waals surface area contributed by atoms with E-state index in [2.05, 4.69) is 6.92 Å². The molecule has 5 nitrogen and oxygen atoms in total. The molecule has 2 amide bonds. The third kappa shape index (κ3) is 2.51. The van der Waals surface area contributed by atoms with Crippen molar-refractivity contribution in [2.45, 2.75) is 38.6 Å². The van der Waals surface area contributed by atoms with Crippen LogP contribution >= 0.6 is 0 Å². The van der Waals surface area contributed by atoms with Gasteiger partial charge in [0.1, 0.15) is 0 Å². The molecule has 2 aliphatic rings. The van der Waals surface area contributed by atoms with Gasteiger partial charge in [-0.05, 0) is 25.2 Å². The quantitative estimate of drug-likeness (QED) is 0.730. The van der Waals surface area contributed by atoms with Crippen molar-refractivity contribution in [1.29, 1.82) is 0 Å². The van der Waals surface area contributed by atoms with Crippen LogP contribution in [0.2, 0.25) is 0 Å². The molecule has 1 aliphatic heterocycles. The van der Waals surface area contributed by atoms with E-state index < -0.39 is 0 Å². The Kier molecular flexibility index (Phi) is 3.90. The molecule has 0 aromatic heterocycles. The van der Waals surface area contributed by atoms with Gasteiger partial charge in [-0.3, -0.25) is 9.59 Å². The average molecular weight is 253 g/mol. The van der Waals surface area contributed by atoms with Crippen LogP contribution < -0.4 is 11.5 Å². The molecule has 1 heterocycles. The third-order valence-corrected chi connectivity index (χ3v) is 4.52. The minimum atomic E-state index is -0.299. The molecular formula is C13H23N3O2. The Balaban J connectivity index is 1.97. The number of hydrogen-bond donors (Lipinski definition) is 2. The second kappa shape index (κ2) is 5.26. The molecule has 4 N–H and O–H groups in total. The maximum atomic E-state index is 12.4. The second-order valence-corrected chi connectivity index (χ2v) is 5.76. The molecule has 5 heteroatoms. The Hall–Kier alpha value is -1.10. The highest BCUT2D eigenvalue weighted by atomic mass is 16.2. The lowest BCUT2D eigenvalue weighted by atomic mass is 9.77. The van der Waals surface area contributed by atoms with Crippen LogP contribution in [0.15, 0.2) is 0 Å². The number of nitrogens with zero attached hydrogens (tertiary/aromatic N) is 1. The van der Waals surface area contributed by atoms with E-state index >= 15 is 0 Å². The van der Waals surface area contributed by atoms with Crippen LogP contribution in [0, 0.1) is 17.8 Å². The maximum absolute atomic E-state index is 12.4. The summed E-state index contributed by atoms with van der Waals surface area (Å²) < 4.78 is 0. The summed E-state index contributed by atoms with van der Waals surface area (Å²) in [5.41, 5.74) is 11.4. The van der Waals surface area contributed by atoms with Gasteiger partial charge in [-0.1, -0.05) is 13.3 Å². The average Bonchev–Trinajstić information content (AvgIpc) is 2.81. The summed E-state index contributed by atoms with van der Waals surface area (Å²) in [6.45, 7) is 3.23. The lowest BCUT2D eigenvalue weighted by Crippen LogP contribution is -2.48. The van der Waals surface area contributed by atoms with Crippen LogP contribution in [-0.4, -0.2) is 35.8 Å². The molecule has 1 saturated carbocycles. The third-order valence-electron chi connectivity index (χ3n) is 4.52. The van der Waals surface area contributed by atoms with Crippen molar-refractivity contribution in [3.63, 3.8) is 0 Å². The lowest BCUT2D eigenvalue weighted by molar-refractivity contribution is -0.136. The van der Waals surface area contributed by atoms with Gasteiger partial charge in [-0.15, -0.1) is 0 Å². The number of rotatable bonds is 2. The van der Waals surface area contributed by atoms with Gasteiger partial charge in [-0.25, -0.2) is 0 Å². The maximum Gasteiger partial charge on any atom is 0.227 e. The number of carbonyl (C=O) groups excluding carboxylic acids is 2. The van der Waals surface area contributed by atoms with Gasteiger partial charge in [0.25, 0.3) is 0 Å². The largest absolute Gasteiger partial charge is 0.369 e. The van der Waals surface area contributed by atoms with E-state index in [1.54, 1.807) is 4.90 Å². The number of likely N-dealkylation sites (tertiary alicyclic amines) is 1. The molecule has 0 radical (unpaired) electrons. The summed E-state index contributed by atoms with van der Waals surface area (Å²) >= 11 is 0. The minimum Gasteiger partial charge on any atom is -0.369 e. The Bertz CT molecular complexity index is 345. The standard InChI is InChI=1S/C13H23N3O2/c1-8-3-2-4-10(11(8)14)13(18)16-6-5-9(7-16)12(15)17/h8-11H,2-7,14H2,1H3,(H2,15,17). The molecule has 0 aromatic rings. The first kappa shape index (κ1) is 13.3. The SMILES string of the molecule is CC1CCCC(C(=O)N2CCC(C(N)=O)C2)C1N. The molecule has 102 valence electrons. The van der Waals surface area contributed by atoms with Gasteiger partial charge in [0.05, 0.1) is 11.8 Å². The second-order valence-electron chi connectivity index (χ2n) is 5.76. The number of amides is 2. The lowest BCUT2D eigenvalue weighted by Gasteiger charge is -2.35. The smallest absolute Gasteiger partial charge is 0.227 e. The van der Waals surface area contributed by atoms with E-state index in [4.69, 9.17) is 11.5 Å². The molecule has 18 heavy (non-hydrogen) atoms. The Morgan fingerprint density at radius 1 is 1.22 bits per heavy atom. The topological polar surface area (TPSA) is 89.4 Å². The van der Waals surface area contributed by atoms with E-state index in [1.165, 1.54) is 0 Å². The van der Waals surface area contributed by atoms with E-state index in [0.29, 0.717) is 25.4 Å². The van der Waals surface area contributed by atoms with Crippen molar-refractivity contribution in [3.8, 4) is 0 Å². The highest BCUT2D eigenvalue weighted by Gasteiger charge is 2.38. The van der Waals surface area contributed by atoms with Gasteiger partial charge in [0, 0.05) is 19.1 Å². The van der Waals surface area contributed by atoms with Crippen molar-refractivity contribution in [3.05, 3.63) is 0 Å². The zero-order chi connectivity index (χ0) is 13.3. The van der Waals surface area contributed by atoms with Crippen molar-refractivity contribution < 1.29 is 9.59 Å². The molecule has 0 spiro atoms. The van der Waals surface area contributed by atoms with Crippen LogP contribution in [-0.2, 0) is 9.59 Å². The summed E-state index contributed by atoms with van der Waals surface area (Å²) in [6, 6.07) is -0.0427. The molecule has 0 bridgehead atoms. The molecule has 4 unspecified atom stereocenters. The summed E-state index contributed by atoms with van der Waals surface area (Å²) in [5, 5.41) is 0. The number of nitrogens with two attached hydrogens (primary N) is 2. The molecule has 1 aliphatic carbocycles. The van der Waals surface area contributed by atoms with Crippen molar-refractivity contribution >= 4 is 11.8 Å². The Morgan fingerprint density at radius 3 is 2.56 bits per heavy atom. The fourth-order valence-electron chi connectivity index (χ4n) is 3.16. The van der Waals surface area contributed by atoms with Gasteiger partial charge >= 0.3 is 0 Å². The van der Waals surface area contributed by atoms with Gasteiger partial charge < -0.3 is 16.4 Å². The van der Waals surface area contributed by atoms with E-state index in [1.807, 2.05) is 0 Å². The first-order valence-electron chi connectivity index (χ1n) is 6.84. The first-order valence-corrected chi connectivity index (χ1v) is 6.84. The fourth-order valence-corrected chi connectivity index (χ4v) is 3.16. The normalized spacial score (nSPS) is 36.7. The molecule has 1 saturated heterocycles. The molecular weight excluding hydrogens is 230 g/mol. The summed E-state index contributed by atoms with van der Waals surface area (Å²) in [5.74, 6) is -0.0155. The Morgan fingerprint density at radius 2 is 1.94 bits per heavy atom. The van der Waals surface area contributed by atoms with E-state index in [0.717, 1.165) is 19.3 Å². The van der Waals surface area contributed by atoms with Crippen molar-refractivity contribution in [1.82, 2.24) is 4.90 Å².